The molecule has 1 amide bonds. The van der Waals surface area contributed by atoms with Gasteiger partial charge in [0.05, 0.1) is 31.6 Å². The first-order valence-electron chi connectivity index (χ1n) is 14.2. The molecule has 0 atom stereocenters. The number of hydrogen-bond donors (Lipinski definition) is 1. The molecule has 0 spiro atoms. The minimum absolute atomic E-state index is 0.378. The number of carbonyl (C=O) groups is 1. The van der Waals surface area contributed by atoms with Crippen LogP contribution in [0.25, 0.3) is 0 Å². The largest absolute Gasteiger partial charge is 0.474 e. The van der Waals surface area contributed by atoms with Crippen LogP contribution < -0.4 is 24.8 Å². The first kappa shape index (κ1) is 27.1. The van der Waals surface area contributed by atoms with Gasteiger partial charge < -0.3 is 29.3 Å². The van der Waals surface area contributed by atoms with E-state index in [0.29, 0.717) is 44.5 Å². The Bertz CT molecular complexity index is 1430. The first-order chi connectivity index (χ1) is 19.7. The van der Waals surface area contributed by atoms with Crippen LogP contribution in [0, 0.1) is 6.92 Å². The molecule has 3 aromatic heterocycles. The van der Waals surface area contributed by atoms with E-state index in [9.17, 15) is 4.79 Å². The summed E-state index contributed by atoms with van der Waals surface area (Å²) < 4.78 is 17.0. The topological polar surface area (TPSA) is 105 Å². The molecule has 1 saturated heterocycles. The molecule has 216 valence electrons. The Labute approximate surface area is 240 Å². The zero-order valence-electron chi connectivity index (χ0n) is 24.1. The number of morpholine rings is 1. The molecule has 0 aliphatic carbocycles. The monoisotopic (exact) mass is 559 g/mol. The Morgan fingerprint density at radius 2 is 1.80 bits per heavy atom. The average Bonchev–Trinajstić information content (AvgIpc) is 2.96. The number of hydrogen-bond acceptors (Lipinski definition) is 10. The number of rotatable bonds is 4. The summed E-state index contributed by atoms with van der Waals surface area (Å²) in [5, 5.41) is 3.46. The number of carbonyl (C=O) groups excluding carboxylic acids is 1. The van der Waals surface area contributed by atoms with Crippen LogP contribution in [0.5, 0.6) is 5.88 Å². The van der Waals surface area contributed by atoms with Crippen LogP contribution in [0.1, 0.15) is 37.5 Å². The van der Waals surface area contributed by atoms with Crippen molar-refractivity contribution in [1.29, 1.82) is 0 Å². The van der Waals surface area contributed by atoms with Gasteiger partial charge in [0.1, 0.15) is 29.5 Å². The molecule has 3 aromatic rings. The highest BCUT2D eigenvalue weighted by Gasteiger charge is 2.32. The van der Waals surface area contributed by atoms with Gasteiger partial charge in [-0.2, -0.15) is 0 Å². The Morgan fingerprint density at radius 3 is 2.61 bits per heavy atom. The Kier molecular flexibility index (Phi) is 7.29. The number of ether oxygens (including phenoxy) is 3. The third-order valence-corrected chi connectivity index (χ3v) is 7.47. The van der Waals surface area contributed by atoms with Crippen LogP contribution in [0.15, 0.2) is 36.8 Å². The summed E-state index contributed by atoms with van der Waals surface area (Å²) in [5.41, 5.74) is 5.39. The van der Waals surface area contributed by atoms with Gasteiger partial charge in [0.25, 0.3) is 0 Å². The second-order valence-electron chi connectivity index (χ2n) is 11.5. The highest BCUT2D eigenvalue weighted by molar-refractivity contribution is 5.92. The van der Waals surface area contributed by atoms with Crippen molar-refractivity contribution < 1.29 is 19.0 Å². The van der Waals surface area contributed by atoms with E-state index in [1.165, 1.54) is 11.1 Å². The molecule has 6 rings (SSSR count). The normalized spacial score (nSPS) is 16.9. The van der Waals surface area contributed by atoms with Crippen LogP contribution in [0.4, 0.5) is 33.5 Å². The molecule has 11 heteroatoms. The van der Waals surface area contributed by atoms with Crippen molar-refractivity contribution in [2.75, 3.05) is 66.0 Å². The maximum Gasteiger partial charge on any atom is 0.415 e. The molecule has 0 bridgehead atoms. The van der Waals surface area contributed by atoms with E-state index in [-0.39, 0.29) is 6.09 Å². The van der Waals surface area contributed by atoms with E-state index >= 15 is 0 Å². The van der Waals surface area contributed by atoms with Gasteiger partial charge >= 0.3 is 6.09 Å². The fourth-order valence-corrected chi connectivity index (χ4v) is 5.47. The quantitative estimate of drug-likeness (QED) is 0.493. The van der Waals surface area contributed by atoms with Gasteiger partial charge in [0.2, 0.25) is 5.88 Å². The molecule has 0 radical (unpaired) electrons. The molecule has 1 N–H and O–H groups in total. The number of amides is 1. The van der Waals surface area contributed by atoms with Crippen LogP contribution in [-0.4, -0.2) is 72.6 Å². The predicted molar refractivity (Wildman–Crippen MR) is 158 cm³/mol. The van der Waals surface area contributed by atoms with E-state index in [4.69, 9.17) is 19.2 Å². The van der Waals surface area contributed by atoms with Crippen molar-refractivity contribution in [1.82, 2.24) is 15.0 Å². The Morgan fingerprint density at radius 1 is 0.976 bits per heavy atom. The molecule has 11 nitrogen and oxygen atoms in total. The van der Waals surface area contributed by atoms with Gasteiger partial charge in [-0.1, -0.05) is 0 Å². The third-order valence-electron chi connectivity index (χ3n) is 7.47. The molecule has 0 saturated carbocycles. The van der Waals surface area contributed by atoms with Crippen LogP contribution in [0.2, 0.25) is 0 Å². The van der Waals surface area contributed by atoms with E-state index in [2.05, 4.69) is 37.2 Å². The fourth-order valence-electron chi connectivity index (χ4n) is 5.47. The highest BCUT2D eigenvalue weighted by atomic mass is 16.6. The fraction of sp³-hybridized carbons (Fsp3) is 0.467. The number of nitrogens with one attached hydrogen (secondary N) is 1. The maximum absolute atomic E-state index is 13.1. The minimum Gasteiger partial charge on any atom is -0.474 e. The third kappa shape index (κ3) is 5.85. The Balaban J connectivity index is 1.22. The summed E-state index contributed by atoms with van der Waals surface area (Å²) in [7, 11) is 0. The van der Waals surface area contributed by atoms with Crippen molar-refractivity contribution in [2.24, 2.45) is 0 Å². The predicted octanol–water partition coefficient (Wildman–Crippen LogP) is 4.46. The summed E-state index contributed by atoms with van der Waals surface area (Å²) in [6.45, 7) is 13.1. The summed E-state index contributed by atoms with van der Waals surface area (Å²) >= 11 is 0. The lowest BCUT2D eigenvalue weighted by Crippen LogP contribution is -2.42. The standard InChI is InChI=1S/C30H37N7O4/c1-20-24(18-33-28-27(20)37(11-14-40-28)29(38)41-30(2,3)4)36-8-6-21-17-32-25(15-22(21)19-36)34-23-5-7-31-26(16-23)35-9-12-39-13-10-35/h5,7,15-18H,6,8-14,19H2,1-4H3,(H,31,32,34). The van der Waals surface area contributed by atoms with Crippen LogP contribution in [0.3, 0.4) is 0 Å². The van der Waals surface area contributed by atoms with Gasteiger partial charge in [-0.05, 0) is 57.4 Å². The molecular weight excluding hydrogens is 522 g/mol. The van der Waals surface area contributed by atoms with E-state index in [1.54, 1.807) is 4.90 Å². The summed E-state index contributed by atoms with van der Waals surface area (Å²) in [6, 6.07) is 6.13. The lowest BCUT2D eigenvalue weighted by atomic mass is 10.0. The summed E-state index contributed by atoms with van der Waals surface area (Å²) in [5.74, 6) is 2.18. The molecule has 6 heterocycles. The zero-order valence-corrected chi connectivity index (χ0v) is 24.1. The smallest absolute Gasteiger partial charge is 0.415 e. The highest BCUT2D eigenvalue weighted by Crippen LogP contribution is 2.40. The van der Waals surface area contributed by atoms with Crippen molar-refractivity contribution in [2.45, 2.75) is 46.3 Å². The molecule has 3 aliphatic rings. The molecule has 0 aromatic carbocycles. The SMILES string of the molecule is Cc1c(N2CCc3cnc(Nc4ccnc(N5CCOCC5)c4)cc3C2)cnc2c1N(C(=O)OC(C)(C)C)CCO2. The number of aromatic nitrogens is 3. The van der Waals surface area contributed by atoms with Crippen molar-refractivity contribution in [3.63, 3.8) is 0 Å². The second kappa shape index (κ2) is 11.0. The molecule has 0 unspecified atom stereocenters. The average molecular weight is 560 g/mol. The minimum atomic E-state index is -0.592. The number of fused-ring (bicyclic) bond motifs is 2. The van der Waals surface area contributed by atoms with Gasteiger partial charge in [0.15, 0.2) is 0 Å². The number of nitrogens with zero attached hydrogens (tertiary/aromatic N) is 6. The van der Waals surface area contributed by atoms with Crippen molar-refractivity contribution in [3.8, 4) is 5.88 Å². The van der Waals surface area contributed by atoms with Gasteiger partial charge in [-0.25, -0.2) is 19.7 Å². The van der Waals surface area contributed by atoms with Crippen molar-refractivity contribution >= 4 is 34.8 Å². The van der Waals surface area contributed by atoms with Crippen LogP contribution in [-0.2, 0) is 22.4 Å². The number of anilines is 5. The lowest BCUT2D eigenvalue weighted by Gasteiger charge is -2.35. The van der Waals surface area contributed by atoms with Crippen molar-refractivity contribution in [3.05, 3.63) is 53.5 Å². The van der Waals surface area contributed by atoms with Gasteiger partial charge in [-0.3, -0.25) is 4.90 Å². The number of pyridine rings is 3. The van der Waals surface area contributed by atoms with Gasteiger partial charge in [0, 0.05) is 55.9 Å². The van der Waals surface area contributed by atoms with Crippen LogP contribution >= 0.6 is 0 Å². The maximum atomic E-state index is 13.1. The summed E-state index contributed by atoms with van der Waals surface area (Å²) in [4.78, 5) is 33.1. The summed E-state index contributed by atoms with van der Waals surface area (Å²) in [6.07, 6.45) is 6.12. The zero-order chi connectivity index (χ0) is 28.6. The second-order valence-corrected chi connectivity index (χ2v) is 11.5. The lowest BCUT2D eigenvalue weighted by molar-refractivity contribution is 0.0566. The molecule has 3 aliphatic heterocycles. The molecule has 41 heavy (non-hydrogen) atoms. The molecule has 1 fully saturated rings. The Hall–Kier alpha value is -4.12. The molecular formula is C30H37N7O4. The van der Waals surface area contributed by atoms with E-state index in [1.807, 2.05) is 52.4 Å². The van der Waals surface area contributed by atoms with E-state index < -0.39 is 5.60 Å². The van der Waals surface area contributed by atoms with Gasteiger partial charge in [-0.15, -0.1) is 0 Å². The van der Waals surface area contributed by atoms with E-state index in [0.717, 1.165) is 54.6 Å². The first-order valence-corrected chi connectivity index (χ1v) is 14.2.